The minimum absolute atomic E-state index is 0.0217. The molecule has 0 aliphatic carbocycles. The number of sulfone groups is 1. The molecular formula is C13H16Cl2O4S. The van der Waals surface area contributed by atoms with E-state index in [9.17, 15) is 18.3 Å². The van der Waals surface area contributed by atoms with Crippen LogP contribution in [-0.2, 0) is 14.6 Å². The third kappa shape index (κ3) is 3.45. The van der Waals surface area contributed by atoms with Crippen molar-refractivity contribution in [2.45, 2.75) is 36.8 Å². The Balaban J connectivity index is 3.44. The maximum absolute atomic E-state index is 12.6. The Morgan fingerprint density at radius 1 is 1.25 bits per heavy atom. The van der Waals surface area contributed by atoms with Crippen LogP contribution in [0, 0.1) is 5.92 Å². The predicted octanol–water partition coefficient (Wildman–Crippen LogP) is 3.66. The Hall–Kier alpha value is -0.780. The molecule has 0 fully saturated rings. The summed E-state index contributed by atoms with van der Waals surface area (Å²) in [5, 5.41) is 7.96. The lowest BCUT2D eigenvalue weighted by Gasteiger charge is -2.22. The summed E-state index contributed by atoms with van der Waals surface area (Å²) in [5.41, 5.74) is 0. The molecule has 0 aliphatic rings. The molecule has 1 rings (SSSR count). The predicted molar refractivity (Wildman–Crippen MR) is 79.1 cm³/mol. The van der Waals surface area contributed by atoms with Crippen LogP contribution in [0.2, 0.25) is 10.0 Å². The van der Waals surface area contributed by atoms with Crippen LogP contribution in [0.15, 0.2) is 23.1 Å². The van der Waals surface area contributed by atoms with Gasteiger partial charge in [0.25, 0.3) is 0 Å². The second-order valence-electron chi connectivity index (χ2n) is 4.46. The van der Waals surface area contributed by atoms with Gasteiger partial charge in [-0.3, -0.25) is 4.79 Å². The Bertz CT molecular complexity index is 594. The summed E-state index contributed by atoms with van der Waals surface area (Å²) < 4.78 is 25.2. The van der Waals surface area contributed by atoms with Crippen LogP contribution in [0.5, 0.6) is 0 Å². The van der Waals surface area contributed by atoms with E-state index in [1.165, 1.54) is 18.2 Å². The first-order chi connectivity index (χ1) is 9.25. The lowest BCUT2D eigenvalue weighted by atomic mass is 9.99. The van der Waals surface area contributed by atoms with Gasteiger partial charge in [0.05, 0.1) is 9.92 Å². The maximum Gasteiger partial charge on any atom is 0.322 e. The highest BCUT2D eigenvalue weighted by molar-refractivity contribution is 7.93. The molecule has 0 radical (unpaired) electrons. The zero-order chi connectivity index (χ0) is 15.5. The second kappa shape index (κ2) is 6.78. The third-order valence-electron chi connectivity index (χ3n) is 3.25. The molecule has 0 saturated carbocycles. The van der Waals surface area contributed by atoms with Crippen molar-refractivity contribution >= 4 is 39.0 Å². The van der Waals surface area contributed by atoms with E-state index in [-0.39, 0.29) is 14.9 Å². The van der Waals surface area contributed by atoms with Gasteiger partial charge >= 0.3 is 5.97 Å². The molecule has 0 saturated heterocycles. The largest absolute Gasteiger partial charge is 0.480 e. The van der Waals surface area contributed by atoms with Crippen LogP contribution in [0.25, 0.3) is 0 Å². The summed E-state index contributed by atoms with van der Waals surface area (Å²) in [6.45, 7) is 3.53. The third-order valence-corrected chi connectivity index (χ3v) is 6.14. The highest BCUT2D eigenvalue weighted by atomic mass is 35.5. The van der Waals surface area contributed by atoms with E-state index in [1.807, 2.05) is 0 Å². The second-order valence-corrected chi connectivity index (χ2v) is 7.34. The fourth-order valence-electron chi connectivity index (χ4n) is 2.14. The number of rotatable bonds is 6. The van der Waals surface area contributed by atoms with Crippen molar-refractivity contribution in [3.63, 3.8) is 0 Å². The first-order valence-corrected chi connectivity index (χ1v) is 8.47. The van der Waals surface area contributed by atoms with Crippen molar-refractivity contribution in [1.29, 1.82) is 0 Å². The molecule has 0 aliphatic heterocycles. The van der Waals surface area contributed by atoms with E-state index < -0.39 is 27.0 Å². The lowest BCUT2D eigenvalue weighted by Crippen LogP contribution is -2.37. The monoisotopic (exact) mass is 338 g/mol. The van der Waals surface area contributed by atoms with Gasteiger partial charge in [0, 0.05) is 5.02 Å². The molecule has 0 bridgehead atoms. The summed E-state index contributed by atoms with van der Waals surface area (Å²) in [6.07, 6.45) is 0.899. The lowest BCUT2D eigenvalue weighted by molar-refractivity contribution is -0.137. The SMILES string of the molecule is CCC(CC)C(C(=O)O)S(=O)(=O)c1cc(Cl)ccc1Cl. The Morgan fingerprint density at radius 3 is 2.25 bits per heavy atom. The molecule has 112 valence electrons. The summed E-state index contributed by atoms with van der Waals surface area (Å²) in [7, 11) is -4.09. The van der Waals surface area contributed by atoms with Crippen molar-refractivity contribution in [2.75, 3.05) is 0 Å². The van der Waals surface area contributed by atoms with Gasteiger partial charge in [-0.1, -0.05) is 49.9 Å². The molecule has 0 aromatic heterocycles. The number of carboxylic acids is 1. The van der Waals surface area contributed by atoms with E-state index in [0.717, 1.165) is 0 Å². The summed E-state index contributed by atoms with van der Waals surface area (Å²) in [5.74, 6) is -1.85. The highest BCUT2D eigenvalue weighted by Gasteiger charge is 2.40. The number of hydrogen-bond donors (Lipinski definition) is 1. The molecule has 0 amide bonds. The van der Waals surface area contributed by atoms with Crippen molar-refractivity contribution < 1.29 is 18.3 Å². The van der Waals surface area contributed by atoms with Gasteiger partial charge < -0.3 is 5.11 Å². The van der Waals surface area contributed by atoms with Gasteiger partial charge in [-0.25, -0.2) is 8.42 Å². The summed E-state index contributed by atoms with van der Waals surface area (Å²) in [6, 6.07) is 4.00. The van der Waals surface area contributed by atoms with Gasteiger partial charge in [0.15, 0.2) is 15.1 Å². The Kier molecular flexibility index (Phi) is 5.86. The molecule has 1 N–H and O–H groups in total. The number of benzene rings is 1. The minimum Gasteiger partial charge on any atom is -0.480 e. The van der Waals surface area contributed by atoms with Crippen molar-refractivity contribution in [3.8, 4) is 0 Å². The number of halogens is 2. The summed E-state index contributed by atoms with van der Waals surface area (Å²) in [4.78, 5) is 11.2. The zero-order valence-electron chi connectivity index (χ0n) is 11.1. The smallest absolute Gasteiger partial charge is 0.322 e. The van der Waals surface area contributed by atoms with Crippen LogP contribution in [0.3, 0.4) is 0 Å². The van der Waals surface area contributed by atoms with Crippen molar-refractivity contribution in [3.05, 3.63) is 28.2 Å². The molecule has 1 aromatic rings. The van der Waals surface area contributed by atoms with Gasteiger partial charge in [0.2, 0.25) is 0 Å². The zero-order valence-corrected chi connectivity index (χ0v) is 13.5. The number of carbonyl (C=O) groups is 1. The first kappa shape index (κ1) is 17.3. The average Bonchev–Trinajstić information content (AvgIpc) is 2.37. The molecule has 4 nitrogen and oxygen atoms in total. The van der Waals surface area contributed by atoms with Crippen molar-refractivity contribution in [2.24, 2.45) is 5.92 Å². The first-order valence-electron chi connectivity index (χ1n) is 6.17. The molecule has 1 aromatic carbocycles. The Morgan fingerprint density at radius 2 is 1.80 bits per heavy atom. The standard InChI is InChI=1S/C13H16Cl2O4S/c1-3-8(4-2)12(13(16)17)20(18,19)11-7-9(14)5-6-10(11)15/h5-8,12H,3-4H2,1-2H3,(H,16,17). The van der Waals surface area contributed by atoms with Gasteiger partial charge in [-0.15, -0.1) is 0 Å². The molecule has 0 heterocycles. The van der Waals surface area contributed by atoms with Crippen LogP contribution in [0.1, 0.15) is 26.7 Å². The van der Waals surface area contributed by atoms with Gasteiger partial charge in [-0.05, 0) is 24.1 Å². The van der Waals surface area contributed by atoms with Crippen LogP contribution in [0.4, 0.5) is 0 Å². The summed E-state index contributed by atoms with van der Waals surface area (Å²) >= 11 is 11.7. The average molecular weight is 339 g/mol. The maximum atomic E-state index is 12.6. The van der Waals surface area contributed by atoms with Crippen LogP contribution >= 0.6 is 23.2 Å². The molecule has 1 unspecified atom stereocenters. The number of hydrogen-bond acceptors (Lipinski definition) is 3. The minimum atomic E-state index is -4.09. The number of carboxylic acid groups (broad SMARTS) is 1. The van der Waals surface area contributed by atoms with E-state index in [0.29, 0.717) is 12.8 Å². The van der Waals surface area contributed by atoms with Crippen LogP contribution in [-0.4, -0.2) is 24.7 Å². The van der Waals surface area contributed by atoms with Gasteiger partial charge in [-0.2, -0.15) is 0 Å². The molecule has 1 atom stereocenters. The molecular weight excluding hydrogens is 323 g/mol. The molecule has 20 heavy (non-hydrogen) atoms. The number of aliphatic carboxylic acids is 1. The van der Waals surface area contributed by atoms with E-state index in [4.69, 9.17) is 23.2 Å². The molecule has 7 heteroatoms. The Labute approximate surface area is 128 Å². The highest BCUT2D eigenvalue weighted by Crippen LogP contribution is 2.32. The van der Waals surface area contributed by atoms with Gasteiger partial charge in [0.1, 0.15) is 0 Å². The molecule has 0 spiro atoms. The van der Waals surface area contributed by atoms with Crippen molar-refractivity contribution in [1.82, 2.24) is 0 Å². The quantitative estimate of drug-likeness (QED) is 0.859. The van der Waals surface area contributed by atoms with Crippen LogP contribution < -0.4 is 0 Å². The normalized spacial score (nSPS) is 13.4. The fourth-order valence-corrected chi connectivity index (χ4v) is 4.88. The topological polar surface area (TPSA) is 71.4 Å². The van der Waals surface area contributed by atoms with E-state index in [1.54, 1.807) is 13.8 Å². The van der Waals surface area contributed by atoms with E-state index >= 15 is 0 Å². The van der Waals surface area contributed by atoms with E-state index in [2.05, 4.69) is 0 Å². The fraction of sp³-hybridized carbons (Fsp3) is 0.462.